The summed E-state index contributed by atoms with van der Waals surface area (Å²) in [4.78, 5) is 0. The summed E-state index contributed by atoms with van der Waals surface area (Å²) in [5.41, 5.74) is 0. The van der Waals surface area contributed by atoms with Crippen LogP contribution in [0.3, 0.4) is 0 Å². The molecule has 1 rings (SSSR count). The van der Waals surface area contributed by atoms with Crippen molar-refractivity contribution in [3.63, 3.8) is 0 Å². The molecule has 1 aromatic rings. The molecule has 0 aliphatic carbocycles. The number of alkyl halides is 1. The van der Waals surface area contributed by atoms with Crippen LogP contribution in [-0.2, 0) is 0 Å². The van der Waals surface area contributed by atoms with Crippen LogP contribution in [0.4, 0.5) is 4.39 Å². The first-order valence-electron chi connectivity index (χ1n) is 3.48. The standard InChI is InChI=1S/C8H6Br3FO/c9-1-2-13-8-6(10)3-5(12)4-7(8)11/h3-4H,1-2H2. The fraction of sp³-hybridized carbons (Fsp3) is 0.250. The zero-order valence-corrected chi connectivity index (χ0v) is 11.2. The van der Waals surface area contributed by atoms with Crippen LogP contribution in [0.1, 0.15) is 0 Å². The topological polar surface area (TPSA) is 9.23 Å². The number of halogens is 4. The third kappa shape index (κ3) is 3.22. The van der Waals surface area contributed by atoms with Gasteiger partial charge < -0.3 is 4.74 Å². The average Bonchev–Trinajstić information content (AvgIpc) is 2.02. The van der Waals surface area contributed by atoms with Crippen molar-refractivity contribution in [2.45, 2.75) is 0 Å². The van der Waals surface area contributed by atoms with Crippen molar-refractivity contribution < 1.29 is 9.13 Å². The summed E-state index contributed by atoms with van der Waals surface area (Å²) in [5, 5.41) is 0.739. The van der Waals surface area contributed by atoms with Crippen LogP contribution in [-0.4, -0.2) is 11.9 Å². The number of rotatable bonds is 3. The zero-order chi connectivity index (χ0) is 9.84. The van der Waals surface area contributed by atoms with Crippen LogP contribution in [0.25, 0.3) is 0 Å². The minimum Gasteiger partial charge on any atom is -0.490 e. The van der Waals surface area contributed by atoms with E-state index in [4.69, 9.17) is 4.74 Å². The van der Waals surface area contributed by atoms with E-state index in [-0.39, 0.29) is 5.82 Å². The lowest BCUT2D eigenvalue weighted by atomic mass is 10.3. The van der Waals surface area contributed by atoms with Crippen molar-refractivity contribution in [2.75, 3.05) is 11.9 Å². The number of benzene rings is 1. The van der Waals surface area contributed by atoms with Crippen LogP contribution in [0, 0.1) is 5.82 Å². The first kappa shape index (κ1) is 11.5. The summed E-state index contributed by atoms with van der Waals surface area (Å²) in [6, 6.07) is 2.74. The minimum absolute atomic E-state index is 0.301. The first-order valence-corrected chi connectivity index (χ1v) is 6.19. The molecule has 0 N–H and O–H groups in total. The highest BCUT2D eigenvalue weighted by Gasteiger charge is 2.08. The summed E-state index contributed by atoms with van der Waals surface area (Å²) in [6.07, 6.45) is 0. The van der Waals surface area contributed by atoms with E-state index in [1.807, 2.05) is 0 Å². The smallest absolute Gasteiger partial charge is 0.147 e. The van der Waals surface area contributed by atoms with Gasteiger partial charge in [0.25, 0.3) is 0 Å². The zero-order valence-electron chi connectivity index (χ0n) is 6.49. The predicted octanol–water partition coefficient (Wildman–Crippen LogP) is 4.12. The molecule has 0 radical (unpaired) electrons. The molecule has 0 spiro atoms. The lowest BCUT2D eigenvalue weighted by molar-refractivity contribution is 0.340. The lowest BCUT2D eigenvalue weighted by Crippen LogP contribution is -1.99. The molecule has 5 heteroatoms. The molecule has 1 nitrogen and oxygen atoms in total. The van der Waals surface area contributed by atoms with Gasteiger partial charge in [-0.25, -0.2) is 4.39 Å². The average molecular weight is 377 g/mol. The Morgan fingerprint density at radius 1 is 1.23 bits per heavy atom. The molecule has 72 valence electrons. The van der Waals surface area contributed by atoms with Crippen LogP contribution < -0.4 is 4.74 Å². The van der Waals surface area contributed by atoms with Crippen molar-refractivity contribution in [3.8, 4) is 5.75 Å². The Kier molecular flexibility index (Phi) is 4.69. The van der Waals surface area contributed by atoms with E-state index >= 15 is 0 Å². The van der Waals surface area contributed by atoms with E-state index in [1.165, 1.54) is 12.1 Å². The van der Waals surface area contributed by atoms with Gasteiger partial charge in [-0.15, -0.1) is 0 Å². The van der Waals surface area contributed by atoms with Gasteiger partial charge in [-0.3, -0.25) is 0 Å². The van der Waals surface area contributed by atoms with Crippen molar-refractivity contribution in [1.29, 1.82) is 0 Å². The molecular formula is C8H6Br3FO. The van der Waals surface area contributed by atoms with Gasteiger partial charge in [0.05, 0.1) is 15.6 Å². The molecule has 0 atom stereocenters. The molecule has 0 heterocycles. The van der Waals surface area contributed by atoms with E-state index in [1.54, 1.807) is 0 Å². The molecule has 0 aliphatic heterocycles. The third-order valence-electron chi connectivity index (χ3n) is 1.29. The molecule has 0 bridgehead atoms. The second-order valence-electron chi connectivity index (χ2n) is 2.24. The maximum atomic E-state index is 12.8. The molecule has 0 fully saturated rings. The molecule has 1 aromatic carbocycles. The predicted molar refractivity (Wildman–Crippen MR) is 61.1 cm³/mol. The quantitative estimate of drug-likeness (QED) is 0.721. The van der Waals surface area contributed by atoms with Gasteiger partial charge >= 0.3 is 0 Å². The minimum atomic E-state index is -0.301. The fourth-order valence-electron chi connectivity index (χ4n) is 0.807. The summed E-state index contributed by atoms with van der Waals surface area (Å²) in [5.74, 6) is 0.325. The Labute approximate surface area is 101 Å². The molecule has 0 unspecified atom stereocenters. The summed E-state index contributed by atoms with van der Waals surface area (Å²) < 4.78 is 19.4. The summed E-state index contributed by atoms with van der Waals surface area (Å²) >= 11 is 9.68. The Bertz CT molecular complexity index is 280. The Hall–Kier alpha value is 0.390. The highest BCUT2D eigenvalue weighted by molar-refractivity contribution is 9.11. The molecule has 0 saturated heterocycles. The van der Waals surface area contributed by atoms with Crippen molar-refractivity contribution in [3.05, 3.63) is 26.9 Å². The summed E-state index contributed by atoms with van der Waals surface area (Å²) in [7, 11) is 0. The van der Waals surface area contributed by atoms with Crippen molar-refractivity contribution in [1.82, 2.24) is 0 Å². The van der Waals surface area contributed by atoms with Gasteiger partial charge in [0.2, 0.25) is 0 Å². The van der Waals surface area contributed by atoms with Gasteiger partial charge in [-0.2, -0.15) is 0 Å². The van der Waals surface area contributed by atoms with Gasteiger partial charge in [-0.05, 0) is 44.0 Å². The molecule has 13 heavy (non-hydrogen) atoms. The third-order valence-corrected chi connectivity index (χ3v) is 2.79. The largest absolute Gasteiger partial charge is 0.490 e. The van der Waals surface area contributed by atoms with E-state index in [2.05, 4.69) is 47.8 Å². The van der Waals surface area contributed by atoms with E-state index in [0.29, 0.717) is 21.3 Å². The van der Waals surface area contributed by atoms with Gasteiger partial charge in [0.1, 0.15) is 11.6 Å². The highest BCUT2D eigenvalue weighted by atomic mass is 79.9. The maximum Gasteiger partial charge on any atom is 0.147 e. The van der Waals surface area contributed by atoms with Gasteiger partial charge in [-0.1, -0.05) is 15.9 Å². The highest BCUT2D eigenvalue weighted by Crippen LogP contribution is 2.34. The van der Waals surface area contributed by atoms with E-state index in [9.17, 15) is 4.39 Å². The second kappa shape index (κ2) is 5.32. The molecule has 0 amide bonds. The number of hydrogen-bond acceptors (Lipinski definition) is 1. The molecule has 0 saturated carbocycles. The van der Waals surface area contributed by atoms with Crippen molar-refractivity contribution >= 4 is 47.8 Å². The van der Waals surface area contributed by atoms with Crippen LogP contribution in [0.2, 0.25) is 0 Å². The lowest BCUT2D eigenvalue weighted by Gasteiger charge is -2.08. The van der Waals surface area contributed by atoms with Crippen LogP contribution in [0.5, 0.6) is 5.75 Å². The normalized spacial score (nSPS) is 10.2. The van der Waals surface area contributed by atoms with Crippen LogP contribution in [0.15, 0.2) is 21.1 Å². The SMILES string of the molecule is Fc1cc(Br)c(OCCBr)c(Br)c1. The summed E-state index contributed by atoms with van der Waals surface area (Å²) in [6.45, 7) is 0.544. The Morgan fingerprint density at radius 2 is 1.77 bits per heavy atom. The van der Waals surface area contributed by atoms with Gasteiger partial charge in [0, 0.05) is 5.33 Å². The number of hydrogen-bond donors (Lipinski definition) is 0. The molecular weight excluding hydrogens is 371 g/mol. The Morgan fingerprint density at radius 3 is 2.23 bits per heavy atom. The Balaban J connectivity index is 2.92. The monoisotopic (exact) mass is 374 g/mol. The number of ether oxygens (including phenoxy) is 1. The first-order chi connectivity index (χ1) is 6.15. The van der Waals surface area contributed by atoms with E-state index < -0.39 is 0 Å². The second-order valence-corrected chi connectivity index (χ2v) is 4.74. The molecule has 0 aromatic heterocycles. The van der Waals surface area contributed by atoms with Gasteiger partial charge in [0.15, 0.2) is 0 Å². The van der Waals surface area contributed by atoms with E-state index in [0.717, 1.165) is 5.33 Å². The molecule has 0 aliphatic rings. The maximum absolute atomic E-state index is 12.8. The van der Waals surface area contributed by atoms with Crippen molar-refractivity contribution in [2.24, 2.45) is 0 Å². The fourth-order valence-corrected chi connectivity index (χ4v) is 2.33. The van der Waals surface area contributed by atoms with Crippen LogP contribution >= 0.6 is 47.8 Å².